The number of ketones is 1. The molecular formula is C15H23O5P. The molecule has 0 spiro atoms. The average molecular weight is 314 g/mol. The summed E-state index contributed by atoms with van der Waals surface area (Å²) in [6, 6.07) is 8.44. The molecule has 0 fully saturated rings. The number of phosphoric ester groups is 1. The maximum Gasteiger partial charge on any atom is 0.470 e. The molecule has 0 heterocycles. The van der Waals surface area contributed by atoms with E-state index in [-0.39, 0.29) is 5.78 Å². The maximum absolute atomic E-state index is 12.3. The molecule has 2 N–H and O–H groups in total. The van der Waals surface area contributed by atoms with Gasteiger partial charge in [0.15, 0.2) is 5.78 Å². The zero-order chi connectivity index (χ0) is 15.7. The molecule has 0 saturated carbocycles. The van der Waals surface area contributed by atoms with Gasteiger partial charge in [-0.25, -0.2) is 4.57 Å². The first-order chi connectivity index (χ1) is 9.94. The zero-order valence-electron chi connectivity index (χ0n) is 12.3. The molecule has 0 aliphatic heterocycles. The molecule has 5 nitrogen and oxygen atoms in total. The smallest absolute Gasteiger partial charge is 0.303 e. The number of phosphoric acid groups is 1. The summed E-state index contributed by atoms with van der Waals surface area (Å²) in [5.41, 5.74) is 0.407. The quantitative estimate of drug-likeness (QED) is 0.391. The largest absolute Gasteiger partial charge is 0.470 e. The fourth-order valence-electron chi connectivity index (χ4n) is 2.12. The SMILES string of the molecule is CCCCCCCC(OP(=O)(O)O)C(=O)c1ccccc1. The van der Waals surface area contributed by atoms with Crippen molar-refractivity contribution in [3.63, 3.8) is 0 Å². The minimum absolute atomic E-state index is 0.322. The van der Waals surface area contributed by atoms with E-state index in [1.165, 1.54) is 0 Å². The molecule has 0 aromatic heterocycles. The van der Waals surface area contributed by atoms with Crippen LogP contribution in [0.2, 0.25) is 0 Å². The lowest BCUT2D eigenvalue weighted by atomic mass is 10.0. The fourth-order valence-corrected chi connectivity index (χ4v) is 2.65. The van der Waals surface area contributed by atoms with Crippen molar-refractivity contribution in [2.24, 2.45) is 0 Å². The Labute approximate surface area is 125 Å². The van der Waals surface area contributed by atoms with Crippen molar-refractivity contribution in [1.82, 2.24) is 0 Å². The second-order valence-corrected chi connectivity index (χ2v) is 6.21. The number of carbonyl (C=O) groups is 1. The van der Waals surface area contributed by atoms with Gasteiger partial charge in [0, 0.05) is 5.56 Å². The molecule has 1 rings (SSSR count). The number of unbranched alkanes of at least 4 members (excludes halogenated alkanes) is 4. The van der Waals surface area contributed by atoms with Crippen LogP contribution in [0.5, 0.6) is 0 Å². The second kappa shape index (κ2) is 9.11. The summed E-state index contributed by atoms with van der Waals surface area (Å²) >= 11 is 0. The van der Waals surface area contributed by atoms with Crippen molar-refractivity contribution in [3.05, 3.63) is 35.9 Å². The van der Waals surface area contributed by atoms with E-state index in [1.54, 1.807) is 30.3 Å². The van der Waals surface area contributed by atoms with E-state index in [0.29, 0.717) is 18.4 Å². The molecule has 0 radical (unpaired) electrons. The first kappa shape index (κ1) is 18.1. The van der Waals surface area contributed by atoms with Crippen LogP contribution in [0.1, 0.15) is 55.8 Å². The van der Waals surface area contributed by atoms with Crippen molar-refractivity contribution in [2.45, 2.75) is 51.6 Å². The first-order valence-corrected chi connectivity index (χ1v) is 8.80. The molecule has 21 heavy (non-hydrogen) atoms. The Bertz CT molecular complexity index is 468. The molecule has 1 aromatic carbocycles. The van der Waals surface area contributed by atoms with Gasteiger partial charge in [-0.2, -0.15) is 0 Å². The minimum atomic E-state index is -4.68. The summed E-state index contributed by atoms with van der Waals surface area (Å²) in [6.45, 7) is 2.11. The van der Waals surface area contributed by atoms with Crippen LogP contribution in [-0.2, 0) is 9.09 Å². The highest BCUT2D eigenvalue weighted by molar-refractivity contribution is 7.46. The molecule has 0 aliphatic carbocycles. The Morgan fingerprint density at radius 1 is 1.14 bits per heavy atom. The second-order valence-electron chi connectivity index (χ2n) is 5.02. The van der Waals surface area contributed by atoms with Crippen LogP contribution in [0.15, 0.2) is 30.3 Å². The molecule has 0 bridgehead atoms. The molecule has 6 heteroatoms. The van der Waals surface area contributed by atoms with Gasteiger partial charge in [-0.3, -0.25) is 9.32 Å². The van der Waals surface area contributed by atoms with Crippen LogP contribution in [0.3, 0.4) is 0 Å². The fraction of sp³-hybridized carbons (Fsp3) is 0.533. The van der Waals surface area contributed by atoms with Crippen LogP contribution in [0.25, 0.3) is 0 Å². The Balaban J connectivity index is 2.64. The van der Waals surface area contributed by atoms with E-state index < -0.39 is 13.9 Å². The topological polar surface area (TPSA) is 83.8 Å². The van der Waals surface area contributed by atoms with Crippen LogP contribution >= 0.6 is 7.82 Å². The highest BCUT2D eigenvalue weighted by Crippen LogP contribution is 2.39. The predicted octanol–water partition coefficient (Wildman–Crippen LogP) is 3.71. The number of hydrogen-bond acceptors (Lipinski definition) is 3. The summed E-state index contributed by atoms with van der Waals surface area (Å²) in [4.78, 5) is 30.2. The minimum Gasteiger partial charge on any atom is -0.303 e. The molecule has 0 saturated heterocycles. The van der Waals surface area contributed by atoms with Crippen LogP contribution < -0.4 is 0 Å². The first-order valence-electron chi connectivity index (χ1n) is 7.27. The van der Waals surface area contributed by atoms with Crippen LogP contribution in [0, 0.1) is 0 Å². The van der Waals surface area contributed by atoms with Gasteiger partial charge in [0.05, 0.1) is 0 Å². The molecule has 1 aromatic rings. The van der Waals surface area contributed by atoms with E-state index in [9.17, 15) is 9.36 Å². The van der Waals surface area contributed by atoms with E-state index in [2.05, 4.69) is 11.4 Å². The lowest BCUT2D eigenvalue weighted by Gasteiger charge is -2.17. The number of Topliss-reactive ketones (excluding diaryl/α,β-unsaturated/α-hetero) is 1. The van der Waals surface area contributed by atoms with E-state index in [1.807, 2.05) is 0 Å². The molecule has 1 unspecified atom stereocenters. The van der Waals surface area contributed by atoms with E-state index in [0.717, 1.165) is 25.7 Å². The summed E-state index contributed by atoms with van der Waals surface area (Å²) in [6.07, 6.45) is 4.17. The summed E-state index contributed by atoms with van der Waals surface area (Å²) in [5.74, 6) is -0.380. The lowest BCUT2D eigenvalue weighted by Crippen LogP contribution is -2.23. The summed E-state index contributed by atoms with van der Waals surface area (Å²) < 4.78 is 15.7. The zero-order valence-corrected chi connectivity index (χ0v) is 13.2. The highest BCUT2D eigenvalue weighted by atomic mass is 31.2. The van der Waals surface area contributed by atoms with Gasteiger partial charge in [-0.1, -0.05) is 69.4 Å². The third kappa shape index (κ3) is 7.53. The summed E-state index contributed by atoms with van der Waals surface area (Å²) in [7, 11) is -4.68. The van der Waals surface area contributed by atoms with Gasteiger partial charge in [-0.15, -0.1) is 0 Å². The number of carbonyl (C=O) groups excluding carboxylic acids is 1. The Morgan fingerprint density at radius 2 is 1.76 bits per heavy atom. The van der Waals surface area contributed by atoms with E-state index in [4.69, 9.17) is 9.79 Å². The summed E-state index contributed by atoms with van der Waals surface area (Å²) in [5, 5.41) is 0. The molecule has 0 aliphatic rings. The van der Waals surface area contributed by atoms with Gasteiger partial charge in [-0.05, 0) is 6.42 Å². The third-order valence-electron chi connectivity index (χ3n) is 3.19. The average Bonchev–Trinajstić information content (AvgIpc) is 2.45. The van der Waals surface area contributed by atoms with Gasteiger partial charge < -0.3 is 9.79 Å². The van der Waals surface area contributed by atoms with Gasteiger partial charge in [0.25, 0.3) is 0 Å². The van der Waals surface area contributed by atoms with Crippen molar-refractivity contribution < 1.29 is 23.7 Å². The standard InChI is InChI=1S/C15H23O5P/c1-2-3-4-5-9-12-14(20-21(17,18)19)15(16)13-10-7-6-8-11-13/h6-8,10-11,14H,2-5,9,12H2,1H3,(H2,17,18,19). The van der Waals surface area contributed by atoms with E-state index >= 15 is 0 Å². The van der Waals surface area contributed by atoms with Crippen LogP contribution in [-0.4, -0.2) is 21.7 Å². The molecule has 1 atom stereocenters. The number of hydrogen-bond donors (Lipinski definition) is 2. The van der Waals surface area contributed by atoms with Crippen molar-refractivity contribution in [1.29, 1.82) is 0 Å². The Morgan fingerprint density at radius 3 is 2.33 bits per heavy atom. The normalized spacial score (nSPS) is 13.1. The monoisotopic (exact) mass is 314 g/mol. The van der Waals surface area contributed by atoms with Crippen molar-refractivity contribution in [3.8, 4) is 0 Å². The van der Waals surface area contributed by atoms with Crippen molar-refractivity contribution in [2.75, 3.05) is 0 Å². The Kier molecular flexibility index (Phi) is 7.83. The highest BCUT2D eigenvalue weighted by Gasteiger charge is 2.28. The van der Waals surface area contributed by atoms with Gasteiger partial charge in [0.1, 0.15) is 6.10 Å². The van der Waals surface area contributed by atoms with Crippen LogP contribution in [0.4, 0.5) is 0 Å². The number of rotatable bonds is 10. The molecule has 118 valence electrons. The molecule has 0 amide bonds. The third-order valence-corrected chi connectivity index (χ3v) is 3.71. The van der Waals surface area contributed by atoms with Gasteiger partial charge in [0.2, 0.25) is 0 Å². The Hall–Kier alpha value is -1.00. The van der Waals surface area contributed by atoms with Gasteiger partial charge >= 0.3 is 7.82 Å². The predicted molar refractivity (Wildman–Crippen MR) is 81.1 cm³/mol. The lowest BCUT2D eigenvalue weighted by molar-refractivity contribution is 0.0687. The maximum atomic E-state index is 12.3. The van der Waals surface area contributed by atoms with Crippen molar-refractivity contribution >= 4 is 13.6 Å². The number of benzene rings is 1. The molecular weight excluding hydrogens is 291 g/mol.